The van der Waals surface area contributed by atoms with Crippen molar-refractivity contribution in [1.29, 1.82) is 0 Å². The molecule has 1 saturated heterocycles. The lowest BCUT2D eigenvalue weighted by molar-refractivity contribution is 0.0745. The van der Waals surface area contributed by atoms with Gasteiger partial charge in [0.15, 0.2) is 5.82 Å². The molecular formula is C23H31N5O4. The number of nitrogens with zero attached hydrogens (tertiary/aromatic N) is 3. The molecule has 0 spiro atoms. The fourth-order valence-electron chi connectivity index (χ4n) is 3.52. The molecule has 9 nitrogen and oxygen atoms in total. The largest absolute Gasteiger partial charge is 0.394 e. The molecule has 0 saturated carbocycles. The molecule has 3 rings (SSSR count). The van der Waals surface area contributed by atoms with Crippen LogP contribution in [0.25, 0.3) is 0 Å². The maximum atomic E-state index is 12.9. The Labute approximate surface area is 188 Å². The monoisotopic (exact) mass is 441 g/mol. The number of carbonyl (C=O) groups excluding carboxylic acids is 2. The minimum Gasteiger partial charge on any atom is -0.394 e. The molecule has 1 unspecified atom stereocenters. The number of carbonyl (C=O) groups is 2. The molecule has 0 radical (unpaired) electrons. The maximum Gasteiger partial charge on any atom is 0.253 e. The van der Waals surface area contributed by atoms with Gasteiger partial charge in [0, 0.05) is 56.1 Å². The number of hydrogen-bond acceptors (Lipinski definition) is 7. The maximum absolute atomic E-state index is 12.9. The van der Waals surface area contributed by atoms with Crippen LogP contribution in [0.1, 0.15) is 34.6 Å². The van der Waals surface area contributed by atoms with Gasteiger partial charge in [-0.05, 0) is 50.2 Å². The highest BCUT2D eigenvalue weighted by Crippen LogP contribution is 2.25. The lowest BCUT2D eigenvalue weighted by atomic mass is 10.1. The average molecular weight is 442 g/mol. The van der Waals surface area contributed by atoms with Crippen LogP contribution < -0.4 is 15.5 Å². The van der Waals surface area contributed by atoms with Gasteiger partial charge in [-0.15, -0.1) is 0 Å². The summed E-state index contributed by atoms with van der Waals surface area (Å²) in [4.78, 5) is 33.5. The normalized spacial score (nSPS) is 14.9. The van der Waals surface area contributed by atoms with Crippen LogP contribution in [0.3, 0.4) is 0 Å². The van der Waals surface area contributed by atoms with Gasteiger partial charge < -0.3 is 30.6 Å². The second-order valence-electron chi connectivity index (χ2n) is 8.08. The Hall–Kier alpha value is -3.17. The van der Waals surface area contributed by atoms with Crippen LogP contribution in [0, 0.1) is 0 Å². The van der Waals surface area contributed by atoms with E-state index in [1.54, 1.807) is 30.5 Å². The highest BCUT2D eigenvalue weighted by atomic mass is 16.3. The Kier molecular flexibility index (Phi) is 8.02. The van der Waals surface area contributed by atoms with Crippen molar-refractivity contribution in [3.63, 3.8) is 0 Å². The Balaban J connectivity index is 1.57. The van der Waals surface area contributed by atoms with E-state index in [0.29, 0.717) is 43.3 Å². The first-order valence-electron chi connectivity index (χ1n) is 10.8. The number of piperazine rings is 1. The van der Waals surface area contributed by atoms with Gasteiger partial charge in [0.1, 0.15) is 0 Å². The van der Waals surface area contributed by atoms with Crippen LogP contribution in [0.5, 0.6) is 0 Å². The standard InChI is InChI=1S/C23H31N5O4/c1-16(2)26-20-4-3-9-24-21(20)27-10-12-28(13-11-27)23(32)18-7-5-17(6-8-18)22(31)25-14-19(30)15-29/h3-9,16,19,26,29-30H,10-15H2,1-2H3,(H,25,31). The summed E-state index contributed by atoms with van der Waals surface area (Å²) in [6, 6.07) is 10.7. The second kappa shape index (κ2) is 10.9. The number of pyridine rings is 1. The van der Waals surface area contributed by atoms with Crippen LogP contribution in [-0.4, -0.2) is 83.4 Å². The third-order valence-electron chi connectivity index (χ3n) is 5.20. The highest BCUT2D eigenvalue weighted by molar-refractivity contribution is 5.98. The average Bonchev–Trinajstić information content (AvgIpc) is 2.82. The Morgan fingerprint density at radius 3 is 2.34 bits per heavy atom. The Morgan fingerprint density at radius 2 is 1.72 bits per heavy atom. The Bertz CT molecular complexity index is 911. The van der Waals surface area contributed by atoms with Gasteiger partial charge in [-0.3, -0.25) is 9.59 Å². The summed E-state index contributed by atoms with van der Waals surface area (Å²) in [7, 11) is 0. The molecule has 32 heavy (non-hydrogen) atoms. The number of aliphatic hydroxyl groups is 2. The predicted octanol–water partition coefficient (Wildman–Crippen LogP) is 0.947. The molecule has 1 aliphatic heterocycles. The first-order valence-corrected chi connectivity index (χ1v) is 10.8. The van der Waals surface area contributed by atoms with E-state index < -0.39 is 12.7 Å². The summed E-state index contributed by atoms with van der Waals surface area (Å²) in [5, 5.41) is 24.1. The molecule has 0 aliphatic carbocycles. The number of anilines is 2. The van der Waals surface area contributed by atoms with E-state index in [2.05, 4.69) is 34.4 Å². The number of nitrogens with one attached hydrogen (secondary N) is 2. The fraction of sp³-hybridized carbons (Fsp3) is 0.435. The molecule has 1 aromatic carbocycles. The Morgan fingerprint density at radius 1 is 1.06 bits per heavy atom. The second-order valence-corrected chi connectivity index (χ2v) is 8.08. The first-order chi connectivity index (χ1) is 15.4. The molecule has 1 aliphatic rings. The van der Waals surface area contributed by atoms with E-state index >= 15 is 0 Å². The molecule has 0 bridgehead atoms. The number of benzene rings is 1. The van der Waals surface area contributed by atoms with Gasteiger partial charge >= 0.3 is 0 Å². The summed E-state index contributed by atoms with van der Waals surface area (Å²) >= 11 is 0. The number of aliphatic hydroxyl groups excluding tert-OH is 2. The molecular weight excluding hydrogens is 410 g/mol. The number of rotatable bonds is 8. The van der Waals surface area contributed by atoms with Gasteiger partial charge in [-0.1, -0.05) is 0 Å². The van der Waals surface area contributed by atoms with Gasteiger partial charge in [0.25, 0.3) is 11.8 Å². The van der Waals surface area contributed by atoms with E-state index in [4.69, 9.17) is 5.11 Å². The van der Waals surface area contributed by atoms with Crippen molar-refractivity contribution in [2.24, 2.45) is 0 Å². The molecule has 1 atom stereocenters. The quantitative estimate of drug-likeness (QED) is 0.482. The van der Waals surface area contributed by atoms with Crippen molar-refractivity contribution in [3.05, 3.63) is 53.7 Å². The van der Waals surface area contributed by atoms with Crippen LogP contribution in [0.15, 0.2) is 42.6 Å². The zero-order valence-electron chi connectivity index (χ0n) is 18.5. The van der Waals surface area contributed by atoms with E-state index in [0.717, 1.165) is 11.5 Å². The minimum absolute atomic E-state index is 0.0367. The van der Waals surface area contributed by atoms with Gasteiger partial charge in [-0.2, -0.15) is 0 Å². The number of amides is 2. The van der Waals surface area contributed by atoms with Gasteiger partial charge in [-0.25, -0.2) is 4.98 Å². The van der Waals surface area contributed by atoms with Crippen LogP contribution in [-0.2, 0) is 0 Å². The van der Waals surface area contributed by atoms with Crippen LogP contribution >= 0.6 is 0 Å². The van der Waals surface area contributed by atoms with E-state index in [9.17, 15) is 14.7 Å². The zero-order chi connectivity index (χ0) is 23.1. The van der Waals surface area contributed by atoms with Crippen molar-refractivity contribution in [3.8, 4) is 0 Å². The molecule has 1 fully saturated rings. The number of aromatic nitrogens is 1. The molecule has 2 aromatic rings. The van der Waals surface area contributed by atoms with Crippen molar-refractivity contribution in [2.75, 3.05) is 49.5 Å². The zero-order valence-corrected chi connectivity index (χ0v) is 18.5. The summed E-state index contributed by atoms with van der Waals surface area (Å²) in [5.74, 6) is 0.454. The van der Waals surface area contributed by atoms with Crippen molar-refractivity contribution >= 4 is 23.3 Å². The summed E-state index contributed by atoms with van der Waals surface area (Å²) in [5.41, 5.74) is 1.89. The summed E-state index contributed by atoms with van der Waals surface area (Å²) < 4.78 is 0. The van der Waals surface area contributed by atoms with Crippen molar-refractivity contribution < 1.29 is 19.8 Å². The molecule has 2 amide bonds. The lowest BCUT2D eigenvalue weighted by Crippen LogP contribution is -2.49. The molecule has 172 valence electrons. The van der Waals surface area contributed by atoms with Crippen molar-refractivity contribution in [1.82, 2.24) is 15.2 Å². The smallest absolute Gasteiger partial charge is 0.253 e. The third-order valence-corrected chi connectivity index (χ3v) is 5.20. The van der Waals surface area contributed by atoms with E-state index in [-0.39, 0.29) is 18.4 Å². The third kappa shape index (κ3) is 5.95. The molecule has 9 heteroatoms. The van der Waals surface area contributed by atoms with E-state index in [1.807, 2.05) is 17.0 Å². The summed E-state index contributed by atoms with van der Waals surface area (Å²) in [6.07, 6.45) is 0.780. The fourth-order valence-corrected chi connectivity index (χ4v) is 3.52. The SMILES string of the molecule is CC(C)Nc1cccnc1N1CCN(C(=O)c2ccc(C(=O)NCC(O)CO)cc2)CC1. The van der Waals surface area contributed by atoms with Crippen LogP contribution in [0.2, 0.25) is 0 Å². The topological polar surface area (TPSA) is 118 Å². The first kappa shape index (κ1) is 23.5. The molecule has 4 N–H and O–H groups in total. The predicted molar refractivity (Wildman–Crippen MR) is 123 cm³/mol. The van der Waals surface area contributed by atoms with Gasteiger partial charge in [0.2, 0.25) is 0 Å². The van der Waals surface area contributed by atoms with Gasteiger partial charge in [0.05, 0.1) is 18.4 Å². The summed E-state index contributed by atoms with van der Waals surface area (Å²) in [6.45, 7) is 6.24. The highest BCUT2D eigenvalue weighted by Gasteiger charge is 2.24. The minimum atomic E-state index is -0.998. The van der Waals surface area contributed by atoms with Crippen LogP contribution in [0.4, 0.5) is 11.5 Å². The van der Waals surface area contributed by atoms with E-state index in [1.165, 1.54) is 0 Å². The van der Waals surface area contributed by atoms with Crippen molar-refractivity contribution in [2.45, 2.75) is 26.0 Å². The molecule has 1 aromatic heterocycles. The number of hydrogen-bond donors (Lipinski definition) is 4. The molecule has 2 heterocycles. The lowest BCUT2D eigenvalue weighted by Gasteiger charge is -2.36.